The average molecular weight is 325 g/mol. The molecule has 0 radical (unpaired) electrons. The predicted octanol–water partition coefficient (Wildman–Crippen LogP) is 1.41. The minimum atomic E-state index is -0.159. The van der Waals surface area contributed by atoms with E-state index in [9.17, 15) is 9.59 Å². The minimum Gasteiger partial charge on any atom is -0.353 e. The van der Waals surface area contributed by atoms with Crippen LogP contribution in [0.1, 0.15) is 18.1 Å². The quantitative estimate of drug-likeness (QED) is 0.904. The van der Waals surface area contributed by atoms with Crippen LogP contribution in [0, 0.1) is 0 Å². The van der Waals surface area contributed by atoms with Gasteiger partial charge in [-0.05, 0) is 30.5 Å². The number of carbonyl (C=O) groups excluding carboxylic acids is 1. The van der Waals surface area contributed by atoms with Crippen molar-refractivity contribution in [2.24, 2.45) is 0 Å². The SMILES string of the molecule is CC(CNC(=O)Cn1ccccc1=O)N1CCc2ccccc2C1. The highest BCUT2D eigenvalue weighted by Crippen LogP contribution is 2.19. The number of carbonyl (C=O) groups is 1. The number of aromatic nitrogens is 1. The molecule has 5 heteroatoms. The van der Waals surface area contributed by atoms with E-state index in [1.807, 2.05) is 0 Å². The van der Waals surface area contributed by atoms with E-state index in [2.05, 4.69) is 41.4 Å². The van der Waals surface area contributed by atoms with E-state index in [-0.39, 0.29) is 24.1 Å². The van der Waals surface area contributed by atoms with Gasteiger partial charge in [0.2, 0.25) is 5.91 Å². The number of nitrogens with zero attached hydrogens (tertiary/aromatic N) is 2. The molecule has 0 aliphatic carbocycles. The van der Waals surface area contributed by atoms with Gasteiger partial charge in [0.1, 0.15) is 6.54 Å². The van der Waals surface area contributed by atoms with Crippen molar-refractivity contribution in [2.75, 3.05) is 13.1 Å². The number of fused-ring (bicyclic) bond motifs is 1. The fourth-order valence-electron chi connectivity index (χ4n) is 3.09. The molecule has 0 bridgehead atoms. The Morgan fingerprint density at radius 3 is 2.71 bits per heavy atom. The van der Waals surface area contributed by atoms with Gasteiger partial charge in [-0.3, -0.25) is 14.5 Å². The molecule has 126 valence electrons. The first-order valence-corrected chi connectivity index (χ1v) is 8.36. The first kappa shape index (κ1) is 16.5. The van der Waals surface area contributed by atoms with Gasteiger partial charge in [0.25, 0.3) is 5.56 Å². The summed E-state index contributed by atoms with van der Waals surface area (Å²) in [5.74, 6) is -0.132. The number of hydrogen-bond donors (Lipinski definition) is 1. The molecule has 1 amide bonds. The smallest absolute Gasteiger partial charge is 0.250 e. The monoisotopic (exact) mass is 325 g/mol. The summed E-state index contributed by atoms with van der Waals surface area (Å²) in [5, 5.41) is 2.94. The van der Waals surface area contributed by atoms with Crippen molar-refractivity contribution in [3.05, 3.63) is 70.1 Å². The molecule has 3 rings (SSSR count). The minimum absolute atomic E-state index is 0.0647. The Morgan fingerprint density at radius 2 is 1.92 bits per heavy atom. The van der Waals surface area contributed by atoms with Gasteiger partial charge in [0.15, 0.2) is 0 Å². The van der Waals surface area contributed by atoms with Gasteiger partial charge in [0.05, 0.1) is 0 Å². The predicted molar refractivity (Wildman–Crippen MR) is 93.7 cm³/mol. The molecule has 1 unspecified atom stereocenters. The van der Waals surface area contributed by atoms with Crippen LogP contribution in [0.15, 0.2) is 53.5 Å². The summed E-state index contributed by atoms with van der Waals surface area (Å²) in [6.45, 7) is 4.71. The number of benzene rings is 1. The molecule has 0 saturated carbocycles. The van der Waals surface area contributed by atoms with Gasteiger partial charge in [-0.25, -0.2) is 0 Å². The fraction of sp³-hybridized carbons (Fsp3) is 0.368. The normalized spacial score (nSPS) is 15.5. The van der Waals surface area contributed by atoms with E-state index in [1.165, 1.54) is 21.8 Å². The third-order valence-corrected chi connectivity index (χ3v) is 4.59. The highest BCUT2D eigenvalue weighted by Gasteiger charge is 2.20. The maximum absolute atomic E-state index is 12.1. The van der Waals surface area contributed by atoms with Crippen LogP contribution < -0.4 is 10.9 Å². The van der Waals surface area contributed by atoms with E-state index in [1.54, 1.807) is 18.3 Å². The zero-order valence-corrected chi connectivity index (χ0v) is 13.9. The molecule has 0 spiro atoms. The topological polar surface area (TPSA) is 54.3 Å². The van der Waals surface area contributed by atoms with Crippen molar-refractivity contribution in [3.63, 3.8) is 0 Å². The third kappa shape index (κ3) is 3.92. The summed E-state index contributed by atoms with van der Waals surface area (Å²) in [7, 11) is 0. The summed E-state index contributed by atoms with van der Waals surface area (Å²) < 4.78 is 1.41. The molecule has 2 heterocycles. The third-order valence-electron chi connectivity index (χ3n) is 4.59. The van der Waals surface area contributed by atoms with E-state index < -0.39 is 0 Å². The Morgan fingerprint density at radius 1 is 1.17 bits per heavy atom. The summed E-state index contributed by atoms with van der Waals surface area (Å²) in [4.78, 5) is 26.1. The van der Waals surface area contributed by atoms with Crippen molar-refractivity contribution in [3.8, 4) is 0 Å². The number of hydrogen-bond acceptors (Lipinski definition) is 3. The van der Waals surface area contributed by atoms with Crippen LogP contribution in [0.2, 0.25) is 0 Å². The van der Waals surface area contributed by atoms with Crippen LogP contribution in [0.25, 0.3) is 0 Å². The van der Waals surface area contributed by atoms with Crippen molar-refractivity contribution >= 4 is 5.91 Å². The van der Waals surface area contributed by atoms with Gasteiger partial charge in [-0.1, -0.05) is 30.3 Å². The van der Waals surface area contributed by atoms with E-state index in [0.29, 0.717) is 6.54 Å². The molecule has 1 atom stereocenters. The molecule has 0 saturated heterocycles. The van der Waals surface area contributed by atoms with Crippen LogP contribution in [-0.4, -0.2) is 34.5 Å². The van der Waals surface area contributed by atoms with Crippen molar-refractivity contribution in [2.45, 2.75) is 32.5 Å². The molecule has 0 fully saturated rings. The fourth-order valence-corrected chi connectivity index (χ4v) is 3.09. The molecule has 2 aromatic rings. The highest BCUT2D eigenvalue weighted by molar-refractivity contribution is 5.75. The number of amides is 1. The lowest BCUT2D eigenvalue weighted by atomic mass is 9.99. The number of rotatable bonds is 5. The molecule has 1 aromatic carbocycles. The van der Waals surface area contributed by atoms with E-state index >= 15 is 0 Å². The Bertz CT molecular complexity index is 769. The Balaban J connectivity index is 1.51. The van der Waals surface area contributed by atoms with E-state index in [0.717, 1.165) is 19.5 Å². The number of pyridine rings is 1. The molecular weight excluding hydrogens is 302 g/mol. The zero-order chi connectivity index (χ0) is 16.9. The van der Waals surface area contributed by atoms with Crippen LogP contribution >= 0.6 is 0 Å². The van der Waals surface area contributed by atoms with Crippen LogP contribution in [0.4, 0.5) is 0 Å². The second-order valence-corrected chi connectivity index (χ2v) is 6.31. The lowest BCUT2D eigenvalue weighted by molar-refractivity contribution is -0.122. The van der Waals surface area contributed by atoms with Gasteiger partial charge in [-0.2, -0.15) is 0 Å². The standard InChI is InChI=1S/C19H23N3O2/c1-15(21-11-9-16-6-2-3-7-17(16)13-21)12-20-18(23)14-22-10-5-4-8-19(22)24/h2-8,10,15H,9,11-14H2,1H3,(H,20,23). The van der Waals surface area contributed by atoms with Gasteiger partial charge in [0, 0.05) is 37.9 Å². The van der Waals surface area contributed by atoms with Crippen LogP contribution in [0.3, 0.4) is 0 Å². The molecule has 1 aliphatic heterocycles. The Hall–Kier alpha value is -2.40. The van der Waals surface area contributed by atoms with Gasteiger partial charge in [-0.15, -0.1) is 0 Å². The van der Waals surface area contributed by atoms with Gasteiger partial charge < -0.3 is 9.88 Å². The first-order valence-electron chi connectivity index (χ1n) is 8.36. The number of nitrogens with one attached hydrogen (secondary N) is 1. The Kier molecular flexibility index (Phi) is 5.11. The summed E-state index contributed by atoms with van der Waals surface area (Å²) in [6, 6.07) is 13.7. The molecule has 1 N–H and O–H groups in total. The van der Waals surface area contributed by atoms with E-state index in [4.69, 9.17) is 0 Å². The van der Waals surface area contributed by atoms with Crippen LogP contribution in [0.5, 0.6) is 0 Å². The summed E-state index contributed by atoms with van der Waals surface area (Å²) >= 11 is 0. The maximum Gasteiger partial charge on any atom is 0.250 e. The summed E-state index contributed by atoms with van der Waals surface area (Å²) in [5.41, 5.74) is 2.64. The second-order valence-electron chi connectivity index (χ2n) is 6.31. The second kappa shape index (κ2) is 7.45. The van der Waals surface area contributed by atoms with Gasteiger partial charge >= 0.3 is 0 Å². The molecule has 1 aliphatic rings. The average Bonchev–Trinajstić information content (AvgIpc) is 2.61. The molecule has 5 nitrogen and oxygen atoms in total. The highest BCUT2D eigenvalue weighted by atomic mass is 16.2. The van der Waals surface area contributed by atoms with Crippen LogP contribution in [-0.2, 0) is 24.3 Å². The van der Waals surface area contributed by atoms with Crippen molar-refractivity contribution in [1.29, 1.82) is 0 Å². The molecular formula is C19H23N3O2. The molecule has 1 aromatic heterocycles. The van der Waals surface area contributed by atoms with Crippen molar-refractivity contribution in [1.82, 2.24) is 14.8 Å². The molecule has 24 heavy (non-hydrogen) atoms. The largest absolute Gasteiger partial charge is 0.353 e. The Labute approximate surface area is 141 Å². The lowest BCUT2D eigenvalue weighted by Crippen LogP contribution is -2.45. The maximum atomic E-state index is 12.1. The van der Waals surface area contributed by atoms with Crippen molar-refractivity contribution < 1.29 is 4.79 Å². The zero-order valence-electron chi connectivity index (χ0n) is 13.9. The lowest BCUT2D eigenvalue weighted by Gasteiger charge is -2.33. The first-order chi connectivity index (χ1) is 11.6. The summed E-state index contributed by atoms with van der Waals surface area (Å²) in [6.07, 6.45) is 2.68.